The van der Waals surface area contributed by atoms with Gasteiger partial charge in [0, 0.05) is 27.2 Å². The summed E-state index contributed by atoms with van der Waals surface area (Å²) in [7, 11) is 0. The summed E-state index contributed by atoms with van der Waals surface area (Å²) in [5.74, 6) is 0. The lowest BCUT2D eigenvalue weighted by Gasteiger charge is -2.39. The first-order chi connectivity index (χ1) is 28.3. The smallest absolute Gasteiger partial charge is 0.0726 e. The maximum atomic E-state index is 2.63. The molecule has 1 heterocycles. The van der Waals surface area contributed by atoms with E-state index >= 15 is 0 Å². The number of hydrogen-bond donors (Lipinski definition) is 0. The van der Waals surface area contributed by atoms with Crippen LogP contribution in [0.5, 0.6) is 0 Å². The van der Waals surface area contributed by atoms with Gasteiger partial charge in [0.25, 0.3) is 0 Å². The highest BCUT2D eigenvalue weighted by atomic mass is 15.1. The summed E-state index contributed by atoms with van der Waals surface area (Å²) >= 11 is 0. The number of rotatable bonds is 4. The van der Waals surface area contributed by atoms with Crippen LogP contribution in [0.25, 0.3) is 65.3 Å². The van der Waals surface area contributed by atoms with Crippen LogP contribution in [0.3, 0.4) is 0 Å². The van der Waals surface area contributed by atoms with Gasteiger partial charge in [0.1, 0.15) is 0 Å². The summed E-state index contributed by atoms with van der Waals surface area (Å²) in [6.45, 7) is 0. The molecule has 0 saturated carbocycles. The van der Waals surface area contributed by atoms with Crippen molar-refractivity contribution in [1.82, 2.24) is 4.57 Å². The third-order valence-corrected chi connectivity index (χ3v) is 13.2. The molecule has 0 bridgehead atoms. The molecule has 3 aliphatic rings. The van der Waals surface area contributed by atoms with Crippen LogP contribution in [0.4, 0.5) is 17.1 Å². The number of aromatic nitrogens is 1. The van der Waals surface area contributed by atoms with Crippen LogP contribution < -0.4 is 4.90 Å². The Balaban J connectivity index is 1.21. The first kappa shape index (κ1) is 31.1. The molecule has 0 fully saturated rings. The molecule has 2 heteroatoms. The zero-order valence-corrected chi connectivity index (χ0v) is 31.2. The number of hydrogen-bond acceptors (Lipinski definition) is 1. The summed E-state index contributed by atoms with van der Waals surface area (Å²) in [5, 5.41) is 10.3. The van der Waals surface area contributed by atoms with E-state index in [9.17, 15) is 0 Å². The second-order valence-corrected chi connectivity index (χ2v) is 15.9. The molecule has 0 aliphatic heterocycles. The molecule has 1 atom stereocenters. The lowest BCUT2D eigenvalue weighted by Crippen LogP contribution is -2.30. The molecule has 2 nitrogen and oxygen atoms in total. The number of allylic oxidation sites excluding steroid dienone is 4. The van der Waals surface area contributed by atoms with Gasteiger partial charge in [-0.15, -0.1) is 0 Å². The first-order valence-corrected chi connectivity index (χ1v) is 20.1. The van der Waals surface area contributed by atoms with Gasteiger partial charge < -0.3 is 9.47 Å². The summed E-state index contributed by atoms with van der Waals surface area (Å²) in [5.41, 5.74) is 13.7. The van der Waals surface area contributed by atoms with Crippen molar-refractivity contribution < 1.29 is 0 Å². The van der Waals surface area contributed by atoms with Gasteiger partial charge in [0.05, 0.1) is 33.9 Å². The highest BCUT2D eigenvalue weighted by molar-refractivity contribution is 6.28. The standard InChI is InChI=1S/C55H36N2/c1-2-18-38(19-3-1)56-50-27-13-25-46-53(50)54-51(56)32-30-43-49(33-31-47(52(43)54)55(46)44-23-10-8-21-41(44)42-22-9-11-24-45(42)55)57(39-29-28-35-14-4-5-16-37(35)34-39)48-26-12-17-36-15-6-7-20-40(36)48/h1-18,20-34,38H,19H2. The Morgan fingerprint density at radius 3 is 1.95 bits per heavy atom. The zero-order valence-electron chi connectivity index (χ0n) is 31.2. The largest absolute Gasteiger partial charge is 0.333 e. The molecule has 0 N–H and O–H groups in total. The summed E-state index contributed by atoms with van der Waals surface area (Å²) < 4.78 is 2.63. The van der Waals surface area contributed by atoms with Crippen molar-refractivity contribution in [2.45, 2.75) is 17.9 Å². The van der Waals surface area contributed by atoms with Crippen LogP contribution in [-0.2, 0) is 5.41 Å². The van der Waals surface area contributed by atoms with Crippen LogP contribution in [0, 0.1) is 0 Å². The minimum absolute atomic E-state index is 0.233. The van der Waals surface area contributed by atoms with Crippen molar-refractivity contribution in [3.63, 3.8) is 0 Å². The summed E-state index contributed by atoms with van der Waals surface area (Å²) in [4.78, 5) is 2.52. The molecule has 3 aliphatic carbocycles. The summed E-state index contributed by atoms with van der Waals surface area (Å²) in [6, 6.07) is 66.5. The Morgan fingerprint density at radius 1 is 0.456 bits per heavy atom. The van der Waals surface area contributed by atoms with Crippen molar-refractivity contribution in [2.24, 2.45) is 0 Å². The van der Waals surface area contributed by atoms with Crippen LogP contribution in [-0.4, -0.2) is 4.57 Å². The highest BCUT2D eigenvalue weighted by Crippen LogP contribution is 2.63. The minimum Gasteiger partial charge on any atom is -0.333 e. The monoisotopic (exact) mass is 724 g/mol. The molecule has 13 rings (SSSR count). The maximum Gasteiger partial charge on any atom is 0.0726 e. The van der Waals surface area contributed by atoms with E-state index in [1.807, 2.05) is 0 Å². The Morgan fingerprint density at radius 2 is 1.12 bits per heavy atom. The van der Waals surface area contributed by atoms with Crippen LogP contribution in [0.15, 0.2) is 200 Å². The summed E-state index contributed by atoms with van der Waals surface area (Å²) in [6.07, 6.45) is 10.1. The lowest BCUT2D eigenvalue weighted by atomic mass is 9.63. The average Bonchev–Trinajstić information content (AvgIpc) is 3.78. The first-order valence-electron chi connectivity index (χ1n) is 20.1. The van der Waals surface area contributed by atoms with Gasteiger partial charge in [-0.1, -0.05) is 164 Å². The fourth-order valence-electron chi connectivity index (χ4n) is 11.0. The van der Waals surface area contributed by atoms with Crippen molar-refractivity contribution in [1.29, 1.82) is 0 Å². The molecule has 0 radical (unpaired) electrons. The van der Waals surface area contributed by atoms with Gasteiger partial charge in [-0.25, -0.2) is 0 Å². The fraction of sp³-hybridized carbons (Fsp3) is 0.0545. The van der Waals surface area contributed by atoms with E-state index in [1.165, 1.54) is 98.9 Å². The molecule has 1 unspecified atom stereocenters. The average molecular weight is 725 g/mol. The zero-order chi connectivity index (χ0) is 37.2. The van der Waals surface area contributed by atoms with Crippen LogP contribution in [0.2, 0.25) is 0 Å². The van der Waals surface area contributed by atoms with Gasteiger partial charge >= 0.3 is 0 Å². The predicted octanol–water partition coefficient (Wildman–Crippen LogP) is 14.5. The second kappa shape index (κ2) is 11.4. The third kappa shape index (κ3) is 3.99. The van der Waals surface area contributed by atoms with Crippen molar-refractivity contribution in [3.05, 3.63) is 222 Å². The van der Waals surface area contributed by atoms with E-state index in [0.717, 1.165) is 12.1 Å². The molecular weight excluding hydrogens is 689 g/mol. The van der Waals surface area contributed by atoms with Crippen molar-refractivity contribution >= 4 is 71.2 Å². The number of benzene rings is 9. The van der Waals surface area contributed by atoms with Crippen molar-refractivity contribution in [2.75, 3.05) is 4.90 Å². The Labute approximate surface area is 330 Å². The Hall–Kier alpha value is -7.16. The van der Waals surface area contributed by atoms with Gasteiger partial charge in [-0.2, -0.15) is 0 Å². The second-order valence-electron chi connectivity index (χ2n) is 15.9. The SMILES string of the molecule is C1=CCC(n2c3cccc4c3c3c5c(ccc(N(c6ccc7ccccc7c6)c6cccc7ccccc67)c5ccc32)C42c3ccccc3-c3ccccc32)C=C1. The highest BCUT2D eigenvalue weighted by Gasteiger charge is 2.50. The third-order valence-electron chi connectivity index (χ3n) is 13.2. The number of anilines is 3. The lowest BCUT2D eigenvalue weighted by molar-refractivity contribution is 0.648. The normalized spacial score (nSPS) is 15.8. The molecule has 0 saturated heterocycles. The van der Waals surface area contributed by atoms with Crippen LogP contribution >= 0.6 is 0 Å². The number of fused-ring (bicyclic) bond motifs is 9. The van der Waals surface area contributed by atoms with Gasteiger partial charge in [0.2, 0.25) is 0 Å². The van der Waals surface area contributed by atoms with Gasteiger partial charge in [-0.05, 0) is 97.7 Å². The van der Waals surface area contributed by atoms with E-state index < -0.39 is 5.41 Å². The molecule has 9 aromatic carbocycles. The topological polar surface area (TPSA) is 8.17 Å². The van der Waals surface area contributed by atoms with E-state index in [0.29, 0.717) is 0 Å². The molecule has 0 amide bonds. The molecule has 1 aromatic heterocycles. The molecule has 266 valence electrons. The van der Waals surface area contributed by atoms with E-state index in [4.69, 9.17) is 0 Å². The predicted molar refractivity (Wildman–Crippen MR) is 239 cm³/mol. The van der Waals surface area contributed by atoms with E-state index in [1.54, 1.807) is 0 Å². The Kier molecular flexibility index (Phi) is 6.24. The molecule has 10 aromatic rings. The maximum absolute atomic E-state index is 2.63. The van der Waals surface area contributed by atoms with E-state index in [-0.39, 0.29) is 6.04 Å². The molecule has 1 spiro atoms. The molecular formula is C55H36N2. The van der Waals surface area contributed by atoms with E-state index in [2.05, 4.69) is 210 Å². The minimum atomic E-state index is -0.480. The molecule has 57 heavy (non-hydrogen) atoms. The van der Waals surface area contributed by atoms with Crippen molar-refractivity contribution in [3.8, 4) is 11.1 Å². The Bertz CT molecular complexity index is 3360. The number of nitrogens with zero attached hydrogens (tertiary/aromatic N) is 2. The quantitative estimate of drug-likeness (QED) is 0.175. The van der Waals surface area contributed by atoms with Crippen LogP contribution in [0.1, 0.15) is 34.7 Å². The van der Waals surface area contributed by atoms with Gasteiger partial charge in [0.15, 0.2) is 0 Å². The fourth-order valence-corrected chi connectivity index (χ4v) is 11.0. The van der Waals surface area contributed by atoms with Gasteiger partial charge in [-0.3, -0.25) is 0 Å².